The Labute approximate surface area is 120 Å². The van der Waals surface area contributed by atoms with Crippen molar-refractivity contribution >= 4 is 5.91 Å². The molecular weight excluding hydrogens is 254 g/mol. The van der Waals surface area contributed by atoms with Gasteiger partial charge >= 0.3 is 0 Å². The lowest BCUT2D eigenvalue weighted by Crippen LogP contribution is -2.38. The van der Waals surface area contributed by atoms with Gasteiger partial charge in [0.2, 0.25) is 5.91 Å². The maximum absolute atomic E-state index is 12.2. The Bertz CT molecular complexity index is 457. The molecule has 1 aromatic carbocycles. The number of nitrogens with one attached hydrogen (secondary N) is 1. The second-order valence-electron chi connectivity index (χ2n) is 5.29. The molecule has 1 aliphatic rings. The van der Waals surface area contributed by atoms with Crippen molar-refractivity contribution in [2.24, 2.45) is 5.92 Å². The molecule has 2 rings (SSSR count). The molecule has 0 aliphatic carbocycles. The summed E-state index contributed by atoms with van der Waals surface area (Å²) in [5.74, 6) is 0.690. The summed E-state index contributed by atoms with van der Waals surface area (Å²) in [4.78, 5) is 12.2. The number of aliphatic hydroxyl groups excluding tert-OH is 1. The lowest BCUT2D eigenvalue weighted by atomic mass is 9.96. The van der Waals surface area contributed by atoms with E-state index in [0.29, 0.717) is 13.2 Å². The number of benzene rings is 1. The molecule has 20 heavy (non-hydrogen) atoms. The van der Waals surface area contributed by atoms with Crippen LogP contribution in [-0.2, 0) is 4.79 Å². The standard InChI is InChI=1S/C16H23NO3/c1-3-11(4-2)14(18)9-17-16(19)13-10-20-15-8-6-5-7-12(13)15/h5-8,11,13-14,18H,3-4,9-10H2,1-2H3,(H,17,19). The fourth-order valence-corrected chi connectivity index (χ4v) is 2.71. The summed E-state index contributed by atoms with van der Waals surface area (Å²) >= 11 is 0. The number of aliphatic hydroxyl groups is 1. The van der Waals surface area contributed by atoms with Crippen LogP contribution in [0.15, 0.2) is 24.3 Å². The second-order valence-corrected chi connectivity index (χ2v) is 5.29. The molecule has 0 saturated carbocycles. The Balaban J connectivity index is 1.91. The van der Waals surface area contributed by atoms with Gasteiger partial charge in [0.25, 0.3) is 0 Å². The zero-order valence-corrected chi connectivity index (χ0v) is 12.1. The molecule has 0 fully saturated rings. The van der Waals surface area contributed by atoms with Crippen molar-refractivity contribution in [3.8, 4) is 5.75 Å². The number of hydrogen-bond donors (Lipinski definition) is 2. The molecule has 0 saturated heterocycles. The van der Waals surface area contributed by atoms with E-state index in [1.807, 2.05) is 24.3 Å². The summed E-state index contributed by atoms with van der Waals surface area (Å²) in [5.41, 5.74) is 0.932. The number of para-hydroxylation sites is 1. The van der Waals surface area contributed by atoms with Gasteiger partial charge in [0.05, 0.1) is 6.10 Å². The van der Waals surface area contributed by atoms with E-state index < -0.39 is 6.10 Å². The van der Waals surface area contributed by atoms with Crippen molar-refractivity contribution in [2.45, 2.75) is 38.7 Å². The minimum atomic E-state index is -0.480. The van der Waals surface area contributed by atoms with Crippen LogP contribution in [0.4, 0.5) is 0 Å². The highest BCUT2D eigenvalue weighted by molar-refractivity contribution is 5.85. The van der Waals surface area contributed by atoms with Crippen LogP contribution in [0.5, 0.6) is 5.75 Å². The first-order valence-electron chi connectivity index (χ1n) is 7.34. The van der Waals surface area contributed by atoms with Gasteiger partial charge in [0.15, 0.2) is 0 Å². The summed E-state index contributed by atoms with van der Waals surface area (Å²) in [7, 11) is 0. The van der Waals surface area contributed by atoms with Gasteiger partial charge in [-0.15, -0.1) is 0 Å². The predicted molar refractivity (Wildman–Crippen MR) is 77.8 cm³/mol. The van der Waals surface area contributed by atoms with Crippen LogP contribution >= 0.6 is 0 Å². The summed E-state index contributed by atoms with van der Waals surface area (Å²) in [6.07, 6.45) is 1.36. The normalized spacial score (nSPS) is 18.5. The summed E-state index contributed by atoms with van der Waals surface area (Å²) in [6, 6.07) is 7.61. The van der Waals surface area contributed by atoms with Crippen LogP contribution in [0, 0.1) is 5.92 Å². The van der Waals surface area contributed by atoms with Crippen molar-refractivity contribution in [3.05, 3.63) is 29.8 Å². The first-order valence-corrected chi connectivity index (χ1v) is 7.34. The molecule has 0 spiro atoms. The molecule has 0 radical (unpaired) electrons. The van der Waals surface area contributed by atoms with Gasteiger partial charge < -0.3 is 15.2 Å². The number of fused-ring (bicyclic) bond motifs is 1. The maximum Gasteiger partial charge on any atom is 0.231 e. The molecule has 1 amide bonds. The number of hydrogen-bond acceptors (Lipinski definition) is 3. The number of carbonyl (C=O) groups is 1. The third-order valence-electron chi connectivity index (χ3n) is 4.09. The Kier molecular flexibility index (Phi) is 5.01. The smallest absolute Gasteiger partial charge is 0.231 e. The van der Waals surface area contributed by atoms with Crippen LogP contribution in [0.25, 0.3) is 0 Å². The van der Waals surface area contributed by atoms with Gasteiger partial charge in [-0.05, 0) is 12.0 Å². The fraction of sp³-hybridized carbons (Fsp3) is 0.562. The van der Waals surface area contributed by atoms with Crippen molar-refractivity contribution in [1.29, 1.82) is 0 Å². The number of ether oxygens (including phenoxy) is 1. The molecule has 4 heteroatoms. The van der Waals surface area contributed by atoms with Gasteiger partial charge in [-0.2, -0.15) is 0 Å². The van der Waals surface area contributed by atoms with E-state index in [4.69, 9.17) is 4.74 Å². The average molecular weight is 277 g/mol. The Morgan fingerprint density at radius 1 is 1.40 bits per heavy atom. The van der Waals surface area contributed by atoms with E-state index in [1.54, 1.807) is 0 Å². The molecule has 0 bridgehead atoms. The monoisotopic (exact) mass is 277 g/mol. The molecule has 4 nitrogen and oxygen atoms in total. The lowest BCUT2D eigenvalue weighted by Gasteiger charge is -2.21. The van der Waals surface area contributed by atoms with Gasteiger partial charge in [0, 0.05) is 12.1 Å². The van der Waals surface area contributed by atoms with E-state index in [9.17, 15) is 9.90 Å². The molecule has 2 atom stereocenters. The quantitative estimate of drug-likeness (QED) is 0.837. The second kappa shape index (κ2) is 6.75. The molecule has 1 heterocycles. The van der Waals surface area contributed by atoms with Crippen LogP contribution in [0.3, 0.4) is 0 Å². The summed E-state index contributed by atoms with van der Waals surface area (Å²) in [5, 5.41) is 12.9. The van der Waals surface area contributed by atoms with E-state index in [-0.39, 0.29) is 17.7 Å². The minimum Gasteiger partial charge on any atom is -0.492 e. The van der Waals surface area contributed by atoms with Crippen molar-refractivity contribution in [1.82, 2.24) is 5.32 Å². The molecule has 2 unspecified atom stereocenters. The van der Waals surface area contributed by atoms with Crippen molar-refractivity contribution < 1.29 is 14.6 Å². The minimum absolute atomic E-state index is 0.0695. The first-order chi connectivity index (χ1) is 9.67. The van der Waals surface area contributed by atoms with E-state index in [0.717, 1.165) is 24.2 Å². The SMILES string of the molecule is CCC(CC)C(O)CNC(=O)C1COc2ccccc21. The Hall–Kier alpha value is -1.55. The summed E-state index contributed by atoms with van der Waals surface area (Å²) in [6.45, 7) is 4.80. The van der Waals surface area contributed by atoms with Crippen molar-refractivity contribution in [2.75, 3.05) is 13.2 Å². The zero-order chi connectivity index (χ0) is 14.5. The topological polar surface area (TPSA) is 58.6 Å². The van der Waals surface area contributed by atoms with E-state index in [2.05, 4.69) is 19.2 Å². The van der Waals surface area contributed by atoms with Gasteiger partial charge in [-0.25, -0.2) is 0 Å². The largest absolute Gasteiger partial charge is 0.492 e. The van der Waals surface area contributed by atoms with E-state index >= 15 is 0 Å². The molecule has 110 valence electrons. The molecule has 1 aromatic rings. The fourth-order valence-electron chi connectivity index (χ4n) is 2.71. The summed E-state index contributed by atoms with van der Waals surface area (Å²) < 4.78 is 5.51. The maximum atomic E-state index is 12.2. The highest BCUT2D eigenvalue weighted by Gasteiger charge is 2.30. The lowest BCUT2D eigenvalue weighted by molar-refractivity contribution is -0.123. The third kappa shape index (κ3) is 3.12. The molecular formula is C16H23NO3. The Morgan fingerprint density at radius 3 is 2.80 bits per heavy atom. The van der Waals surface area contributed by atoms with E-state index in [1.165, 1.54) is 0 Å². The first kappa shape index (κ1) is 14.9. The third-order valence-corrected chi connectivity index (χ3v) is 4.09. The number of rotatable bonds is 6. The number of carbonyl (C=O) groups excluding carboxylic acids is 1. The average Bonchev–Trinajstić information content (AvgIpc) is 2.90. The molecule has 0 aromatic heterocycles. The highest BCUT2D eigenvalue weighted by atomic mass is 16.5. The molecule has 2 N–H and O–H groups in total. The van der Waals surface area contributed by atoms with Crippen LogP contribution in [0.1, 0.15) is 38.2 Å². The Morgan fingerprint density at radius 2 is 2.10 bits per heavy atom. The van der Waals surface area contributed by atoms with Gasteiger partial charge in [0.1, 0.15) is 18.3 Å². The predicted octanol–water partition coefficient (Wildman–Crippen LogP) is 2.08. The van der Waals surface area contributed by atoms with Crippen LogP contribution in [0.2, 0.25) is 0 Å². The highest BCUT2D eigenvalue weighted by Crippen LogP contribution is 2.33. The van der Waals surface area contributed by atoms with Crippen molar-refractivity contribution in [3.63, 3.8) is 0 Å². The zero-order valence-electron chi connectivity index (χ0n) is 12.1. The van der Waals surface area contributed by atoms with Gasteiger partial charge in [-0.3, -0.25) is 4.79 Å². The number of amides is 1. The van der Waals surface area contributed by atoms with Crippen LogP contribution in [-0.4, -0.2) is 30.3 Å². The molecule has 1 aliphatic heterocycles. The van der Waals surface area contributed by atoms with Gasteiger partial charge in [-0.1, -0.05) is 44.9 Å². The van der Waals surface area contributed by atoms with Crippen LogP contribution < -0.4 is 10.1 Å².